The summed E-state index contributed by atoms with van der Waals surface area (Å²) in [5, 5.41) is 3.29. The van der Waals surface area contributed by atoms with E-state index in [1.807, 2.05) is 30.7 Å². The highest BCUT2D eigenvalue weighted by Crippen LogP contribution is 2.23. The van der Waals surface area contributed by atoms with E-state index in [0.717, 1.165) is 36.7 Å². The van der Waals surface area contributed by atoms with Crippen LogP contribution in [-0.4, -0.2) is 22.7 Å². The van der Waals surface area contributed by atoms with Gasteiger partial charge in [0.15, 0.2) is 11.6 Å². The van der Waals surface area contributed by atoms with E-state index in [1.54, 1.807) is 6.07 Å². The molecule has 0 spiro atoms. The highest BCUT2D eigenvalue weighted by Gasteiger charge is 2.10. The van der Waals surface area contributed by atoms with E-state index in [1.165, 1.54) is 6.07 Å². The van der Waals surface area contributed by atoms with Crippen LogP contribution in [0.25, 0.3) is 5.69 Å². The third-order valence-electron chi connectivity index (χ3n) is 3.13. The van der Waals surface area contributed by atoms with Crippen molar-refractivity contribution in [2.45, 2.75) is 33.6 Å². The van der Waals surface area contributed by atoms with E-state index < -0.39 is 0 Å². The molecule has 0 amide bonds. The third kappa shape index (κ3) is 3.74. The molecule has 0 fully saturated rings. The number of hydrogen-bond donors (Lipinski definition) is 1. The zero-order valence-corrected chi connectivity index (χ0v) is 12.8. The average Bonchev–Trinajstić information content (AvgIpc) is 2.83. The Hall–Kier alpha value is -2.04. The quantitative estimate of drug-likeness (QED) is 0.786. The zero-order chi connectivity index (χ0) is 15.2. The Bertz CT molecular complexity index is 595. The summed E-state index contributed by atoms with van der Waals surface area (Å²) in [6, 6.07) is 4.95. The second-order valence-corrected chi connectivity index (χ2v) is 4.90. The van der Waals surface area contributed by atoms with Crippen LogP contribution in [0.5, 0.6) is 5.75 Å². The predicted octanol–water partition coefficient (Wildman–Crippen LogP) is 3.93. The topological polar surface area (TPSA) is 39.1 Å². The molecule has 114 valence electrons. The molecular formula is C16H22FN3O. The van der Waals surface area contributed by atoms with Gasteiger partial charge in [0.05, 0.1) is 18.0 Å². The Labute approximate surface area is 125 Å². The van der Waals surface area contributed by atoms with Crippen LogP contribution in [-0.2, 0) is 0 Å². The zero-order valence-electron chi connectivity index (χ0n) is 12.8. The van der Waals surface area contributed by atoms with Crippen molar-refractivity contribution in [1.82, 2.24) is 9.55 Å². The molecule has 0 atom stereocenters. The summed E-state index contributed by atoms with van der Waals surface area (Å²) in [5.41, 5.74) is 1.62. The number of anilines is 1. The molecule has 0 aliphatic heterocycles. The summed E-state index contributed by atoms with van der Waals surface area (Å²) < 4.78 is 21.1. The number of halogens is 1. The molecule has 0 saturated heterocycles. The number of hydrogen-bond acceptors (Lipinski definition) is 3. The summed E-state index contributed by atoms with van der Waals surface area (Å²) >= 11 is 0. The van der Waals surface area contributed by atoms with Gasteiger partial charge in [-0.15, -0.1) is 0 Å². The molecule has 1 heterocycles. The molecule has 4 nitrogen and oxygen atoms in total. The molecule has 0 aliphatic rings. The standard InChI is InChI=1S/C16H22FN3O/c1-4-6-9-18-16-19-12(3)11-20(16)13-7-8-15(21-5-2)14(17)10-13/h7-8,10-11H,4-6,9H2,1-3H3,(H,18,19). The lowest BCUT2D eigenvalue weighted by Gasteiger charge is -2.11. The van der Waals surface area contributed by atoms with Gasteiger partial charge in [-0.05, 0) is 32.4 Å². The first-order valence-electron chi connectivity index (χ1n) is 7.38. The molecule has 1 aromatic carbocycles. The average molecular weight is 291 g/mol. The summed E-state index contributed by atoms with van der Waals surface area (Å²) in [4.78, 5) is 4.45. The minimum absolute atomic E-state index is 0.276. The predicted molar refractivity (Wildman–Crippen MR) is 82.8 cm³/mol. The van der Waals surface area contributed by atoms with Crippen LogP contribution < -0.4 is 10.1 Å². The fraction of sp³-hybridized carbons (Fsp3) is 0.438. The van der Waals surface area contributed by atoms with E-state index in [2.05, 4.69) is 17.2 Å². The van der Waals surface area contributed by atoms with Crippen LogP contribution in [0.1, 0.15) is 32.4 Å². The lowest BCUT2D eigenvalue weighted by Crippen LogP contribution is -2.07. The van der Waals surface area contributed by atoms with Crippen molar-refractivity contribution in [2.24, 2.45) is 0 Å². The van der Waals surface area contributed by atoms with Crippen LogP contribution in [0.15, 0.2) is 24.4 Å². The number of imidazole rings is 1. The Morgan fingerprint density at radius 2 is 2.14 bits per heavy atom. The number of unbranched alkanes of at least 4 members (excludes halogenated alkanes) is 1. The van der Waals surface area contributed by atoms with Gasteiger partial charge in [0.1, 0.15) is 0 Å². The van der Waals surface area contributed by atoms with Crippen LogP contribution in [0.3, 0.4) is 0 Å². The number of rotatable bonds is 7. The van der Waals surface area contributed by atoms with E-state index in [0.29, 0.717) is 6.61 Å². The summed E-state index contributed by atoms with van der Waals surface area (Å²) in [6.45, 7) is 7.20. The van der Waals surface area contributed by atoms with E-state index >= 15 is 0 Å². The van der Waals surface area contributed by atoms with Crippen LogP contribution >= 0.6 is 0 Å². The molecule has 1 N–H and O–H groups in total. The van der Waals surface area contributed by atoms with Crippen molar-refractivity contribution in [1.29, 1.82) is 0 Å². The molecule has 2 aromatic rings. The largest absolute Gasteiger partial charge is 0.491 e. The van der Waals surface area contributed by atoms with Gasteiger partial charge in [-0.25, -0.2) is 9.37 Å². The first-order valence-corrected chi connectivity index (χ1v) is 7.38. The molecule has 21 heavy (non-hydrogen) atoms. The molecule has 5 heteroatoms. The minimum atomic E-state index is -0.361. The highest BCUT2D eigenvalue weighted by atomic mass is 19.1. The van der Waals surface area contributed by atoms with Gasteiger partial charge in [-0.3, -0.25) is 4.57 Å². The number of nitrogens with zero attached hydrogens (tertiary/aromatic N) is 2. The van der Waals surface area contributed by atoms with Crippen molar-refractivity contribution in [2.75, 3.05) is 18.5 Å². The van der Waals surface area contributed by atoms with Crippen LogP contribution in [0, 0.1) is 12.7 Å². The van der Waals surface area contributed by atoms with Crippen LogP contribution in [0.4, 0.5) is 10.3 Å². The molecular weight excluding hydrogens is 269 g/mol. The summed E-state index contributed by atoms with van der Waals surface area (Å²) in [7, 11) is 0. The summed E-state index contributed by atoms with van der Waals surface area (Å²) in [6.07, 6.45) is 4.08. The van der Waals surface area contributed by atoms with Crippen molar-refractivity contribution in [3.63, 3.8) is 0 Å². The number of aromatic nitrogens is 2. The molecule has 1 aromatic heterocycles. The number of nitrogens with one attached hydrogen (secondary N) is 1. The number of ether oxygens (including phenoxy) is 1. The third-order valence-corrected chi connectivity index (χ3v) is 3.13. The molecule has 2 rings (SSSR count). The Balaban J connectivity index is 2.26. The maximum Gasteiger partial charge on any atom is 0.207 e. The van der Waals surface area contributed by atoms with E-state index in [-0.39, 0.29) is 11.6 Å². The van der Waals surface area contributed by atoms with Crippen LogP contribution in [0.2, 0.25) is 0 Å². The molecule has 0 radical (unpaired) electrons. The lowest BCUT2D eigenvalue weighted by molar-refractivity contribution is 0.321. The molecule has 0 saturated carbocycles. The number of aryl methyl sites for hydroxylation is 1. The van der Waals surface area contributed by atoms with Gasteiger partial charge in [-0.2, -0.15) is 0 Å². The molecule has 0 aliphatic carbocycles. The number of benzene rings is 1. The van der Waals surface area contributed by atoms with Gasteiger partial charge in [0, 0.05) is 18.8 Å². The van der Waals surface area contributed by atoms with Crippen molar-refractivity contribution >= 4 is 5.95 Å². The maximum atomic E-state index is 14.0. The first kappa shape index (κ1) is 15.4. The second-order valence-electron chi connectivity index (χ2n) is 4.90. The SMILES string of the molecule is CCCCNc1nc(C)cn1-c1ccc(OCC)c(F)c1. The van der Waals surface area contributed by atoms with Crippen molar-refractivity contribution < 1.29 is 9.13 Å². The Morgan fingerprint density at radius 3 is 2.81 bits per heavy atom. The Kier molecular flexibility index (Phi) is 5.20. The van der Waals surface area contributed by atoms with Gasteiger partial charge in [0.25, 0.3) is 0 Å². The van der Waals surface area contributed by atoms with Crippen molar-refractivity contribution in [3.8, 4) is 11.4 Å². The fourth-order valence-corrected chi connectivity index (χ4v) is 2.11. The van der Waals surface area contributed by atoms with Gasteiger partial charge in [0.2, 0.25) is 5.95 Å². The molecule has 0 unspecified atom stereocenters. The lowest BCUT2D eigenvalue weighted by atomic mass is 10.3. The first-order chi connectivity index (χ1) is 10.2. The molecule has 0 bridgehead atoms. The summed E-state index contributed by atoms with van der Waals surface area (Å²) in [5.74, 6) is 0.656. The normalized spacial score (nSPS) is 10.7. The van der Waals surface area contributed by atoms with E-state index in [9.17, 15) is 4.39 Å². The smallest absolute Gasteiger partial charge is 0.207 e. The Morgan fingerprint density at radius 1 is 1.33 bits per heavy atom. The van der Waals surface area contributed by atoms with E-state index in [4.69, 9.17) is 4.74 Å². The van der Waals surface area contributed by atoms with Gasteiger partial charge in [-0.1, -0.05) is 13.3 Å². The fourth-order valence-electron chi connectivity index (χ4n) is 2.11. The van der Waals surface area contributed by atoms with Gasteiger partial charge < -0.3 is 10.1 Å². The van der Waals surface area contributed by atoms with Crippen molar-refractivity contribution in [3.05, 3.63) is 35.9 Å². The highest BCUT2D eigenvalue weighted by molar-refractivity contribution is 5.45. The monoisotopic (exact) mass is 291 g/mol. The second kappa shape index (κ2) is 7.11. The minimum Gasteiger partial charge on any atom is -0.491 e. The van der Waals surface area contributed by atoms with Gasteiger partial charge >= 0.3 is 0 Å². The maximum absolute atomic E-state index is 14.0.